The summed E-state index contributed by atoms with van der Waals surface area (Å²) >= 11 is 7.13. The average molecular weight is 499 g/mol. The van der Waals surface area contributed by atoms with Gasteiger partial charge in [-0.05, 0) is 62.7 Å². The summed E-state index contributed by atoms with van der Waals surface area (Å²) in [5, 5.41) is 12.0. The molecule has 0 fully saturated rings. The van der Waals surface area contributed by atoms with Crippen molar-refractivity contribution in [3.8, 4) is 5.75 Å². The van der Waals surface area contributed by atoms with Crippen LogP contribution in [0.3, 0.4) is 0 Å². The molecule has 0 radical (unpaired) electrons. The molecule has 0 saturated carbocycles. The standard InChI is InChI=1S/C22H22ClF3N4O2S/c1-4-30-20(14(3)32-18-9-8-16(23)10-13(18)2)28-29-21(30)33-12-19(31)27-17-7-5-6-15(11-17)22(24,25)26/h5-11,14H,4,12H2,1-3H3,(H,27,31). The van der Waals surface area contributed by atoms with Crippen LogP contribution in [0.2, 0.25) is 5.02 Å². The number of carbonyl (C=O) groups is 1. The molecule has 11 heteroatoms. The molecule has 1 aromatic heterocycles. The van der Waals surface area contributed by atoms with Crippen molar-refractivity contribution in [1.82, 2.24) is 14.8 Å². The Hall–Kier alpha value is -2.72. The molecule has 3 rings (SSSR count). The van der Waals surface area contributed by atoms with Crippen LogP contribution < -0.4 is 10.1 Å². The first-order valence-corrected chi connectivity index (χ1v) is 11.4. The fraction of sp³-hybridized carbons (Fsp3) is 0.318. The van der Waals surface area contributed by atoms with Crippen LogP contribution in [0.25, 0.3) is 0 Å². The number of benzene rings is 2. The van der Waals surface area contributed by atoms with Gasteiger partial charge in [-0.3, -0.25) is 4.79 Å². The van der Waals surface area contributed by atoms with E-state index in [4.69, 9.17) is 16.3 Å². The molecule has 0 saturated heterocycles. The lowest BCUT2D eigenvalue weighted by molar-refractivity contribution is -0.137. The number of carbonyl (C=O) groups excluding carboxylic acids is 1. The Bertz CT molecular complexity index is 1140. The summed E-state index contributed by atoms with van der Waals surface area (Å²) in [7, 11) is 0. The van der Waals surface area contributed by atoms with E-state index in [1.807, 2.05) is 25.3 Å². The molecule has 1 amide bonds. The molecule has 3 aromatic rings. The smallest absolute Gasteiger partial charge is 0.416 e. The summed E-state index contributed by atoms with van der Waals surface area (Å²) in [6, 6.07) is 9.83. The van der Waals surface area contributed by atoms with Gasteiger partial charge in [0.05, 0.1) is 11.3 Å². The minimum Gasteiger partial charge on any atom is -0.482 e. The second-order valence-electron chi connectivity index (χ2n) is 7.17. The van der Waals surface area contributed by atoms with E-state index < -0.39 is 23.8 Å². The molecule has 0 aliphatic rings. The van der Waals surface area contributed by atoms with Crippen molar-refractivity contribution in [2.24, 2.45) is 0 Å². The predicted molar refractivity (Wildman–Crippen MR) is 122 cm³/mol. The molecule has 1 heterocycles. The van der Waals surface area contributed by atoms with Gasteiger partial charge in [-0.15, -0.1) is 10.2 Å². The highest BCUT2D eigenvalue weighted by atomic mass is 35.5. The van der Waals surface area contributed by atoms with Crippen LogP contribution in [-0.4, -0.2) is 26.4 Å². The molecule has 1 N–H and O–H groups in total. The van der Waals surface area contributed by atoms with Crippen molar-refractivity contribution in [3.63, 3.8) is 0 Å². The van der Waals surface area contributed by atoms with E-state index in [-0.39, 0.29) is 11.4 Å². The Morgan fingerprint density at radius 1 is 1.24 bits per heavy atom. The van der Waals surface area contributed by atoms with Gasteiger partial charge in [-0.1, -0.05) is 29.4 Å². The first-order valence-electron chi connectivity index (χ1n) is 10.0. The Balaban J connectivity index is 1.64. The van der Waals surface area contributed by atoms with E-state index >= 15 is 0 Å². The molecule has 6 nitrogen and oxygen atoms in total. The largest absolute Gasteiger partial charge is 0.482 e. The maximum Gasteiger partial charge on any atom is 0.416 e. The van der Waals surface area contributed by atoms with Gasteiger partial charge in [0.25, 0.3) is 0 Å². The van der Waals surface area contributed by atoms with Crippen LogP contribution in [0, 0.1) is 6.92 Å². The van der Waals surface area contributed by atoms with Gasteiger partial charge in [0, 0.05) is 17.3 Å². The monoisotopic (exact) mass is 498 g/mol. The van der Waals surface area contributed by atoms with E-state index in [2.05, 4.69) is 15.5 Å². The zero-order valence-electron chi connectivity index (χ0n) is 18.1. The molecule has 33 heavy (non-hydrogen) atoms. The lowest BCUT2D eigenvalue weighted by Gasteiger charge is -2.17. The Morgan fingerprint density at radius 3 is 2.67 bits per heavy atom. The summed E-state index contributed by atoms with van der Waals surface area (Å²) in [6.07, 6.45) is -4.89. The molecule has 0 aliphatic carbocycles. The third-order valence-corrected chi connectivity index (χ3v) is 5.87. The highest BCUT2D eigenvalue weighted by molar-refractivity contribution is 7.99. The zero-order valence-corrected chi connectivity index (χ0v) is 19.7. The topological polar surface area (TPSA) is 69.0 Å². The quantitative estimate of drug-likeness (QED) is 0.377. The molecular weight excluding hydrogens is 477 g/mol. The zero-order chi connectivity index (χ0) is 24.2. The third kappa shape index (κ3) is 6.42. The number of hydrogen-bond donors (Lipinski definition) is 1. The first-order chi connectivity index (χ1) is 15.6. The molecular formula is C22H22ClF3N4O2S. The van der Waals surface area contributed by atoms with Gasteiger partial charge in [0.15, 0.2) is 17.1 Å². The van der Waals surface area contributed by atoms with Gasteiger partial charge < -0.3 is 14.6 Å². The SMILES string of the molecule is CCn1c(SCC(=O)Nc2cccc(C(F)(F)F)c2)nnc1C(C)Oc1ccc(Cl)cc1C. The van der Waals surface area contributed by atoms with E-state index in [0.717, 1.165) is 29.5 Å². The van der Waals surface area contributed by atoms with Crippen molar-refractivity contribution < 1.29 is 22.7 Å². The summed E-state index contributed by atoms with van der Waals surface area (Å²) in [4.78, 5) is 12.3. The predicted octanol–water partition coefficient (Wildman–Crippen LogP) is 6.15. The summed E-state index contributed by atoms with van der Waals surface area (Å²) in [6.45, 7) is 6.20. The summed E-state index contributed by atoms with van der Waals surface area (Å²) in [5.74, 6) is 0.771. The number of ether oxygens (including phenoxy) is 1. The first kappa shape index (κ1) is 24.9. The number of nitrogens with zero attached hydrogens (tertiary/aromatic N) is 3. The van der Waals surface area contributed by atoms with Crippen molar-refractivity contribution in [2.75, 3.05) is 11.1 Å². The van der Waals surface area contributed by atoms with E-state index in [1.54, 1.807) is 18.2 Å². The number of aromatic nitrogens is 3. The number of anilines is 1. The number of nitrogens with one attached hydrogen (secondary N) is 1. The Kier molecular flexibility index (Phi) is 7.91. The minimum absolute atomic E-state index is 0.0418. The van der Waals surface area contributed by atoms with Gasteiger partial charge >= 0.3 is 6.18 Å². The molecule has 0 bridgehead atoms. The number of hydrogen-bond acceptors (Lipinski definition) is 5. The fourth-order valence-electron chi connectivity index (χ4n) is 3.09. The molecule has 1 atom stereocenters. The van der Waals surface area contributed by atoms with E-state index in [1.165, 1.54) is 12.1 Å². The van der Waals surface area contributed by atoms with Crippen molar-refractivity contribution in [2.45, 2.75) is 44.8 Å². The number of rotatable bonds is 8. The maximum absolute atomic E-state index is 12.9. The lowest BCUT2D eigenvalue weighted by atomic mass is 10.2. The number of thioether (sulfide) groups is 1. The Morgan fingerprint density at radius 2 is 2.00 bits per heavy atom. The van der Waals surface area contributed by atoms with Crippen molar-refractivity contribution >= 4 is 35.0 Å². The second kappa shape index (κ2) is 10.5. The van der Waals surface area contributed by atoms with E-state index in [0.29, 0.717) is 28.3 Å². The summed E-state index contributed by atoms with van der Waals surface area (Å²) < 4.78 is 46.4. The van der Waals surface area contributed by atoms with E-state index in [9.17, 15) is 18.0 Å². The van der Waals surface area contributed by atoms with Gasteiger partial charge in [-0.2, -0.15) is 13.2 Å². The number of halogens is 4. The van der Waals surface area contributed by atoms with Crippen LogP contribution in [0.15, 0.2) is 47.6 Å². The normalized spacial score (nSPS) is 12.5. The molecule has 2 aromatic carbocycles. The molecule has 176 valence electrons. The van der Waals surface area contributed by atoms with Gasteiger partial charge in [0.2, 0.25) is 5.91 Å². The third-order valence-electron chi connectivity index (χ3n) is 4.67. The number of amides is 1. The van der Waals surface area contributed by atoms with Crippen molar-refractivity contribution in [1.29, 1.82) is 0 Å². The number of alkyl halides is 3. The van der Waals surface area contributed by atoms with Gasteiger partial charge in [-0.25, -0.2) is 0 Å². The summed E-state index contributed by atoms with van der Waals surface area (Å²) in [5.41, 5.74) is 0.138. The maximum atomic E-state index is 12.9. The van der Waals surface area contributed by atoms with Crippen LogP contribution in [0.5, 0.6) is 5.75 Å². The Labute approximate surface area is 198 Å². The minimum atomic E-state index is -4.48. The highest BCUT2D eigenvalue weighted by Gasteiger charge is 2.30. The molecule has 0 spiro atoms. The molecule has 0 aliphatic heterocycles. The van der Waals surface area contributed by atoms with Crippen LogP contribution in [0.4, 0.5) is 18.9 Å². The van der Waals surface area contributed by atoms with Crippen LogP contribution >= 0.6 is 23.4 Å². The highest BCUT2D eigenvalue weighted by Crippen LogP contribution is 2.31. The number of aryl methyl sites for hydroxylation is 1. The second-order valence-corrected chi connectivity index (χ2v) is 8.55. The van der Waals surface area contributed by atoms with Crippen LogP contribution in [-0.2, 0) is 17.5 Å². The fourth-order valence-corrected chi connectivity index (χ4v) is 4.13. The molecule has 1 unspecified atom stereocenters. The average Bonchev–Trinajstić information content (AvgIpc) is 3.17. The lowest BCUT2D eigenvalue weighted by Crippen LogP contribution is -2.16. The van der Waals surface area contributed by atoms with Crippen molar-refractivity contribution in [3.05, 3.63) is 64.4 Å². The van der Waals surface area contributed by atoms with Gasteiger partial charge in [0.1, 0.15) is 5.75 Å². The van der Waals surface area contributed by atoms with Crippen LogP contribution in [0.1, 0.15) is 36.9 Å².